The molecule has 6 nitrogen and oxygen atoms in total. The third-order valence-corrected chi connectivity index (χ3v) is 8.91. The molecule has 1 atom stereocenters. The molecule has 0 radical (unpaired) electrons. The molecule has 0 aliphatic heterocycles. The van der Waals surface area contributed by atoms with E-state index in [0.717, 1.165) is 43.8 Å². The van der Waals surface area contributed by atoms with Gasteiger partial charge < -0.3 is 9.16 Å². The molecule has 0 aliphatic rings. The van der Waals surface area contributed by atoms with Gasteiger partial charge in [0.1, 0.15) is 0 Å². The van der Waals surface area contributed by atoms with Crippen molar-refractivity contribution in [2.75, 3.05) is 6.61 Å². The van der Waals surface area contributed by atoms with Gasteiger partial charge in [-0.3, -0.25) is 0 Å². The zero-order chi connectivity index (χ0) is 17.7. The first kappa shape index (κ1) is 21.8. The van der Waals surface area contributed by atoms with Gasteiger partial charge in [-0.15, -0.1) is 0 Å². The Morgan fingerprint density at radius 3 is 2.00 bits per heavy atom. The molecule has 0 aromatic heterocycles. The van der Waals surface area contributed by atoms with Crippen LogP contribution in [0.25, 0.3) is 0 Å². The molecule has 0 rings (SSSR count). The van der Waals surface area contributed by atoms with Gasteiger partial charge >= 0.3 is 12.2 Å². The number of rotatable bonds is 10. The van der Waals surface area contributed by atoms with E-state index >= 15 is 0 Å². The van der Waals surface area contributed by atoms with Gasteiger partial charge in [0.15, 0.2) is 0 Å². The average molecular weight is 345 g/mol. The van der Waals surface area contributed by atoms with Gasteiger partial charge in [0.25, 0.3) is 8.32 Å². The second-order valence-electron chi connectivity index (χ2n) is 5.81. The first-order chi connectivity index (χ1) is 11.0. The largest absolute Gasteiger partial charge is 0.501 e. The number of azo groups is 1. The molecular formula is C16H32N2O4Si. The molecule has 0 fully saturated rings. The lowest BCUT2D eigenvalue weighted by Crippen LogP contribution is -2.37. The number of ether oxygens (including phenoxy) is 1. The van der Waals surface area contributed by atoms with Crippen LogP contribution in [0.4, 0.5) is 9.59 Å². The van der Waals surface area contributed by atoms with Crippen molar-refractivity contribution in [1.82, 2.24) is 0 Å². The van der Waals surface area contributed by atoms with Crippen molar-refractivity contribution < 1.29 is 18.8 Å². The minimum atomic E-state index is -2.07. The van der Waals surface area contributed by atoms with Crippen molar-refractivity contribution in [3.05, 3.63) is 0 Å². The number of hydrogen-bond donors (Lipinski definition) is 0. The minimum absolute atomic E-state index is 0.320. The number of nitrogens with zero attached hydrogens (tertiary/aromatic N) is 2. The number of hydrogen-bond acceptors (Lipinski definition) is 4. The molecule has 0 heterocycles. The lowest BCUT2D eigenvalue weighted by atomic mass is 10.0. The van der Waals surface area contributed by atoms with E-state index in [2.05, 4.69) is 24.1 Å². The molecule has 23 heavy (non-hydrogen) atoms. The summed E-state index contributed by atoms with van der Waals surface area (Å²) < 4.78 is 10.5. The normalized spacial score (nSPS) is 13.1. The van der Waals surface area contributed by atoms with Crippen LogP contribution in [0.5, 0.6) is 0 Å². The Morgan fingerprint density at radius 2 is 1.52 bits per heavy atom. The Morgan fingerprint density at radius 1 is 0.957 bits per heavy atom. The van der Waals surface area contributed by atoms with Crippen molar-refractivity contribution in [2.24, 2.45) is 16.1 Å². The Kier molecular flexibility index (Phi) is 11.6. The maximum absolute atomic E-state index is 11.7. The van der Waals surface area contributed by atoms with Crippen LogP contribution in [-0.4, -0.2) is 27.1 Å². The van der Waals surface area contributed by atoms with Crippen LogP contribution in [0.3, 0.4) is 0 Å². The summed E-state index contributed by atoms with van der Waals surface area (Å²) in [6.07, 6.45) is 2.60. The van der Waals surface area contributed by atoms with Crippen LogP contribution in [0.2, 0.25) is 18.1 Å². The van der Waals surface area contributed by atoms with Gasteiger partial charge in [0.05, 0.1) is 6.61 Å². The SMILES string of the molecule is CCCCC(CC)COC(=O)/N=N/C(=O)O[Si](CC)(CC)CC. The Hall–Kier alpha value is -1.24. The van der Waals surface area contributed by atoms with Crippen molar-refractivity contribution in [2.45, 2.75) is 78.4 Å². The van der Waals surface area contributed by atoms with Crippen LogP contribution in [0.1, 0.15) is 60.3 Å². The third kappa shape index (κ3) is 8.83. The average Bonchev–Trinajstić information content (AvgIpc) is 2.58. The molecule has 0 aromatic carbocycles. The number of carbonyl (C=O) groups is 2. The first-order valence-corrected chi connectivity index (χ1v) is 11.3. The predicted molar refractivity (Wildman–Crippen MR) is 93.2 cm³/mol. The van der Waals surface area contributed by atoms with E-state index in [1.807, 2.05) is 20.8 Å². The molecule has 0 N–H and O–H groups in total. The van der Waals surface area contributed by atoms with E-state index in [-0.39, 0.29) is 0 Å². The van der Waals surface area contributed by atoms with E-state index in [1.54, 1.807) is 0 Å². The third-order valence-electron chi connectivity index (χ3n) is 4.44. The van der Waals surface area contributed by atoms with Crippen LogP contribution < -0.4 is 0 Å². The lowest BCUT2D eigenvalue weighted by Gasteiger charge is -2.25. The summed E-state index contributed by atoms with van der Waals surface area (Å²) in [5.41, 5.74) is 0. The zero-order valence-corrected chi connectivity index (χ0v) is 16.3. The molecule has 0 saturated heterocycles. The Bertz CT molecular complexity index is 376. The van der Waals surface area contributed by atoms with Crippen molar-refractivity contribution >= 4 is 20.5 Å². The molecule has 0 saturated carbocycles. The lowest BCUT2D eigenvalue weighted by molar-refractivity contribution is 0.130. The summed E-state index contributed by atoms with van der Waals surface area (Å²) in [4.78, 5) is 23.3. The molecule has 1 unspecified atom stereocenters. The van der Waals surface area contributed by atoms with Crippen LogP contribution in [0, 0.1) is 5.92 Å². The fraction of sp³-hybridized carbons (Fsp3) is 0.875. The second kappa shape index (κ2) is 12.2. The molecule has 0 spiro atoms. The highest BCUT2D eigenvalue weighted by molar-refractivity contribution is 6.74. The van der Waals surface area contributed by atoms with Crippen LogP contribution in [-0.2, 0) is 9.16 Å². The van der Waals surface area contributed by atoms with E-state index in [0.29, 0.717) is 12.5 Å². The molecule has 7 heteroatoms. The van der Waals surface area contributed by atoms with Gasteiger partial charge in [0.2, 0.25) is 0 Å². The molecule has 0 aromatic rings. The monoisotopic (exact) mass is 344 g/mol. The molecule has 0 bridgehead atoms. The smallest absolute Gasteiger partial charge is 0.452 e. The maximum Gasteiger partial charge on any atom is 0.452 e. The van der Waals surface area contributed by atoms with E-state index in [9.17, 15) is 9.59 Å². The molecule has 2 amide bonds. The standard InChI is InChI=1S/C16H32N2O4Si/c1-6-11-12-14(7-2)13-21-15(19)17-18-16(20)22-23(8-3,9-4)10-5/h14H,6-13H2,1-5H3/b18-17+. The van der Waals surface area contributed by atoms with Crippen molar-refractivity contribution in [3.63, 3.8) is 0 Å². The Labute approximate surface area is 141 Å². The molecule has 134 valence electrons. The number of unbranched alkanes of at least 4 members (excludes halogenated alkanes) is 1. The number of carbonyl (C=O) groups excluding carboxylic acids is 2. The van der Waals surface area contributed by atoms with Crippen molar-refractivity contribution in [1.29, 1.82) is 0 Å². The zero-order valence-electron chi connectivity index (χ0n) is 15.3. The minimum Gasteiger partial charge on any atom is -0.501 e. The van der Waals surface area contributed by atoms with E-state index < -0.39 is 20.5 Å². The van der Waals surface area contributed by atoms with E-state index in [4.69, 9.17) is 9.16 Å². The summed E-state index contributed by atoms with van der Waals surface area (Å²) >= 11 is 0. The van der Waals surface area contributed by atoms with E-state index in [1.165, 1.54) is 0 Å². The highest BCUT2D eigenvalue weighted by Crippen LogP contribution is 2.22. The summed E-state index contributed by atoms with van der Waals surface area (Å²) in [7, 11) is -2.07. The molecule has 0 aliphatic carbocycles. The van der Waals surface area contributed by atoms with Crippen molar-refractivity contribution in [3.8, 4) is 0 Å². The summed E-state index contributed by atoms with van der Waals surface area (Å²) in [5.74, 6) is 0.335. The predicted octanol–water partition coefficient (Wildman–Crippen LogP) is 5.93. The topological polar surface area (TPSA) is 77.3 Å². The number of amides is 2. The summed E-state index contributed by atoms with van der Waals surface area (Å²) in [6, 6.07) is 2.50. The second-order valence-corrected chi connectivity index (χ2v) is 10.5. The maximum atomic E-state index is 11.7. The fourth-order valence-electron chi connectivity index (χ4n) is 2.37. The highest BCUT2D eigenvalue weighted by Gasteiger charge is 2.33. The van der Waals surface area contributed by atoms with Gasteiger partial charge in [-0.1, -0.05) is 64.1 Å². The van der Waals surface area contributed by atoms with Gasteiger partial charge in [0, 0.05) is 0 Å². The summed E-state index contributed by atoms with van der Waals surface area (Å²) in [6.45, 7) is 10.6. The molecular weight excluding hydrogens is 312 g/mol. The Balaban J connectivity index is 4.32. The van der Waals surface area contributed by atoms with Gasteiger partial charge in [-0.05, 0) is 30.5 Å². The van der Waals surface area contributed by atoms with Crippen LogP contribution >= 0.6 is 0 Å². The first-order valence-electron chi connectivity index (χ1n) is 8.78. The summed E-state index contributed by atoms with van der Waals surface area (Å²) in [5, 5.41) is 6.65. The van der Waals surface area contributed by atoms with Gasteiger partial charge in [-0.2, -0.15) is 0 Å². The van der Waals surface area contributed by atoms with Crippen LogP contribution in [0.15, 0.2) is 10.2 Å². The highest BCUT2D eigenvalue weighted by atomic mass is 28.4. The quantitative estimate of drug-likeness (QED) is 0.363. The van der Waals surface area contributed by atoms with Gasteiger partial charge in [-0.25, -0.2) is 9.59 Å². The fourth-order valence-corrected chi connectivity index (χ4v) is 4.71.